The lowest BCUT2D eigenvalue weighted by atomic mass is 10.3. The number of hydrogen-bond donors (Lipinski definition) is 0. The van der Waals surface area contributed by atoms with Crippen LogP contribution >= 0.6 is 31.9 Å². The minimum atomic E-state index is 0.359. The van der Waals surface area contributed by atoms with Crippen molar-refractivity contribution in [3.63, 3.8) is 0 Å². The summed E-state index contributed by atoms with van der Waals surface area (Å²) in [5, 5.41) is 0. The quantitative estimate of drug-likeness (QED) is 0.839. The molecular weight excluding hydrogens is 314 g/mol. The third-order valence-corrected chi connectivity index (χ3v) is 2.78. The van der Waals surface area contributed by atoms with Crippen molar-refractivity contribution in [2.75, 3.05) is 0 Å². The highest BCUT2D eigenvalue weighted by Gasteiger charge is 2.08. The topological polar surface area (TPSA) is 35.3 Å². The van der Waals surface area contributed by atoms with E-state index in [4.69, 9.17) is 9.15 Å². The molecule has 1 heterocycles. The number of para-hydroxylation sites is 1. The summed E-state index contributed by atoms with van der Waals surface area (Å²) < 4.78 is 12.1. The van der Waals surface area contributed by atoms with Crippen molar-refractivity contribution in [1.82, 2.24) is 4.98 Å². The van der Waals surface area contributed by atoms with Gasteiger partial charge in [0.1, 0.15) is 6.20 Å². The van der Waals surface area contributed by atoms with E-state index < -0.39 is 0 Å². The lowest BCUT2D eigenvalue weighted by Crippen LogP contribution is -1.84. The molecule has 0 saturated heterocycles. The Bertz CT molecular complexity index is 408. The van der Waals surface area contributed by atoms with Gasteiger partial charge in [-0.25, -0.2) is 4.98 Å². The number of ether oxygens (including phenoxy) is 1. The van der Waals surface area contributed by atoms with E-state index in [1.54, 1.807) is 0 Å². The Morgan fingerprint density at radius 1 is 1.21 bits per heavy atom. The molecule has 2 aromatic rings. The molecule has 0 N–H and O–H groups in total. The average Bonchev–Trinajstić information content (AvgIpc) is 2.64. The van der Waals surface area contributed by atoms with Gasteiger partial charge >= 0.3 is 5.95 Å². The summed E-state index contributed by atoms with van der Waals surface area (Å²) in [7, 11) is 0. The van der Waals surface area contributed by atoms with Crippen molar-refractivity contribution in [3.8, 4) is 11.7 Å². The van der Waals surface area contributed by atoms with Crippen molar-refractivity contribution < 1.29 is 9.15 Å². The Balaban J connectivity index is 2.33. The number of aromatic nitrogens is 1. The predicted octanol–water partition coefficient (Wildman–Crippen LogP) is 3.99. The zero-order valence-corrected chi connectivity index (χ0v) is 10.1. The molecule has 3 nitrogen and oxygen atoms in total. The van der Waals surface area contributed by atoms with Gasteiger partial charge in [0, 0.05) is 0 Å². The predicted molar refractivity (Wildman–Crippen MR) is 58.4 cm³/mol. The van der Waals surface area contributed by atoms with E-state index in [1.165, 1.54) is 12.6 Å². The van der Waals surface area contributed by atoms with Gasteiger partial charge in [0.05, 0.1) is 8.95 Å². The minimum Gasteiger partial charge on any atom is -0.422 e. The van der Waals surface area contributed by atoms with Gasteiger partial charge in [-0.15, -0.1) is 0 Å². The van der Waals surface area contributed by atoms with Gasteiger partial charge < -0.3 is 9.15 Å². The standard InChI is InChI=1S/C9H5Br2NO2/c10-6-2-1-3-7(11)9(6)14-8-4-12-5-13-8/h1-5H. The molecule has 1 aromatic heterocycles. The zero-order valence-electron chi connectivity index (χ0n) is 6.91. The molecule has 0 aliphatic heterocycles. The smallest absolute Gasteiger partial charge is 0.310 e. The average molecular weight is 319 g/mol. The van der Waals surface area contributed by atoms with Crippen molar-refractivity contribution in [2.24, 2.45) is 0 Å². The van der Waals surface area contributed by atoms with Crippen LogP contribution in [0.4, 0.5) is 0 Å². The second kappa shape index (κ2) is 4.14. The van der Waals surface area contributed by atoms with Gasteiger partial charge in [-0.05, 0) is 44.0 Å². The van der Waals surface area contributed by atoms with Gasteiger partial charge in [-0.1, -0.05) is 6.07 Å². The number of hydrogen-bond acceptors (Lipinski definition) is 3. The SMILES string of the molecule is Brc1cccc(Br)c1Oc1cnco1. The monoisotopic (exact) mass is 317 g/mol. The second-order valence-corrected chi connectivity index (χ2v) is 4.18. The number of benzene rings is 1. The van der Waals surface area contributed by atoms with E-state index in [2.05, 4.69) is 36.8 Å². The molecule has 2 rings (SSSR count). The highest BCUT2D eigenvalue weighted by molar-refractivity contribution is 9.11. The first-order valence-corrected chi connectivity index (χ1v) is 5.36. The van der Waals surface area contributed by atoms with Crippen molar-refractivity contribution in [1.29, 1.82) is 0 Å². The van der Waals surface area contributed by atoms with E-state index in [-0.39, 0.29) is 0 Å². The fourth-order valence-electron chi connectivity index (χ4n) is 0.935. The second-order valence-electron chi connectivity index (χ2n) is 2.47. The van der Waals surface area contributed by atoms with Crippen LogP contribution in [0.1, 0.15) is 0 Å². The Morgan fingerprint density at radius 3 is 2.50 bits per heavy atom. The first kappa shape index (κ1) is 9.73. The van der Waals surface area contributed by atoms with Gasteiger partial charge in [0.25, 0.3) is 0 Å². The highest BCUT2D eigenvalue weighted by Crippen LogP contribution is 2.36. The fraction of sp³-hybridized carbons (Fsp3) is 0. The van der Waals surface area contributed by atoms with Crippen LogP contribution in [0.25, 0.3) is 0 Å². The van der Waals surface area contributed by atoms with E-state index in [9.17, 15) is 0 Å². The van der Waals surface area contributed by atoms with Gasteiger partial charge in [-0.3, -0.25) is 0 Å². The van der Waals surface area contributed by atoms with E-state index in [1.807, 2.05) is 18.2 Å². The summed E-state index contributed by atoms with van der Waals surface area (Å²) >= 11 is 6.75. The van der Waals surface area contributed by atoms with E-state index in [0.717, 1.165) is 8.95 Å². The van der Waals surface area contributed by atoms with E-state index in [0.29, 0.717) is 11.7 Å². The molecule has 1 aromatic carbocycles. The Kier molecular flexibility index (Phi) is 2.88. The highest BCUT2D eigenvalue weighted by atomic mass is 79.9. The summed E-state index contributed by atoms with van der Waals surface area (Å²) in [6, 6.07) is 5.67. The number of rotatable bonds is 2. The van der Waals surface area contributed by atoms with Crippen molar-refractivity contribution in [2.45, 2.75) is 0 Å². The third kappa shape index (κ3) is 1.99. The summed E-state index contributed by atoms with van der Waals surface area (Å²) in [4.78, 5) is 3.76. The van der Waals surface area contributed by atoms with Gasteiger partial charge in [0.15, 0.2) is 12.1 Å². The maximum Gasteiger partial charge on any atom is 0.310 e. The molecule has 0 bridgehead atoms. The molecule has 0 atom stereocenters. The largest absolute Gasteiger partial charge is 0.422 e. The summed E-state index contributed by atoms with van der Waals surface area (Å²) in [5.74, 6) is 1.03. The minimum absolute atomic E-state index is 0.359. The molecule has 0 aliphatic rings. The van der Waals surface area contributed by atoms with Crippen LogP contribution in [0, 0.1) is 0 Å². The summed E-state index contributed by atoms with van der Waals surface area (Å²) in [6.45, 7) is 0. The first-order chi connectivity index (χ1) is 6.77. The molecule has 0 fully saturated rings. The molecule has 5 heteroatoms. The van der Waals surface area contributed by atoms with Crippen LogP contribution in [0.2, 0.25) is 0 Å². The zero-order chi connectivity index (χ0) is 9.97. The molecule has 0 spiro atoms. The molecular formula is C9H5Br2NO2. The molecule has 0 radical (unpaired) electrons. The molecule has 0 aliphatic carbocycles. The molecule has 0 saturated carbocycles. The van der Waals surface area contributed by atoms with Crippen molar-refractivity contribution >= 4 is 31.9 Å². The van der Waals surface area contributed by atoms with Crippen LogP contribution in [0.15, 0.2) is 44.2 Å². The van der Waals surface area contributed by atoms with Gasteiger partial charge in [0.2, 0.25) is 0 Å². The van der Waals surface area contributed by atoms with E-state index >= 15 is 0 Å². The van der Waals surface area contributed by atoms with Crippen LogP contribution in [-0.4, -0.2) is 4.98 Å². The summed E-state index contributed by atoms with van der Waals surface area (Å²) in [6.07, 6.45) is 2.83. The molecule has 0 amide bonds. The lowest BCUT2D eigenvalue weighted by molar-refractivity contribution is 0.343. The summed E-state index contributed by atoms with van der Waals surface area (Å²) in [5.41, 5.74) is 0. The maximum atomic E-state index is 5.46. The Labute approximate surface area is 97.4 Å². The fourth-order valence-corrected chi connectivity index (χ4v) is 2.10. The number of oxazole rings is 1. The Hall–Kier alpha value is -0.810. The van der Waals surface area contributed by atoms with Crippen LogP contribution in [0.3, 0.4) is 0 Å². The first-order valence-electron chi connectivity index (χ1n) is 3.78. The maximum absolute atomic E-state index is 5.46. The number of halogens is 2. The number of nitrogens with zero attached hydrogens (tertiary/aromatic N) is 1. The lowest BCUT2D eigenvalue weighted by Gasteiger charge is -2.05. The van der Waals surface area contributed by atoms with Crippen LogP contribution in [0.5, 0.6) is 11.7 Å². The van der Waals surface area contributed by atoms with Crippen molar-refractivity contribution in [3.05, 3.63) is 39.7 Å². The third-order valence-electron chi connectivity index (χ3n) is 1.53. The molecule has 0 unspecified atom stereocenters. The van der Waals surface area contributed by atoms with Gasteiger partial charge in [-0.2, -0.15) is 0 Å². The molecule has 14 heavy (non-hydrogen) atoms. The van der Waals surface area contributed by atoms with Crippen LogP contribution in [-0.2, 0) is 0 Å². The normalized spacial score (nSPS) is 10.1. The molecule has 72 valence electrons. The Morgan fingerprint density at radius 2 is 1.93 bits per heavy atom. The van der Waals surface area contributed by atoms with Crippen LogP contribution < -0.4 is 4.74 Å².